The number of nitrogens with zero attached hydrogens (tertiary/aromatic N) is 4. The maximum atomic E-state index is 12.7. The van der Waals surface area contributed by atoms with E-state index in [9.17, 15) is 14.3 Å². The molecule has 0 N–H and O–H groups in total. The molecule has 0 saturated heterocycles. The summed E-state index contributed by atoms with van der Waals surface area (Å²) in [5, 5.41) is 10.1. The lowest BCUT2D eigenvalue weighted by molar-refractivity contribution is 0.152. The molecule has 3 aliphatic rings. The van der Waals surface area contributed by atoms with Gasteiger partial charge in [0.1, 0.15) is 17.3 Å². The Morgan fingerprint density at radius 2 is 2.27 bits per heavy atom. The molecule has 0 aliphatic heterocycles. The van der Waals surface area contributed by atoms with Crippen LogP contribution in [-0.2, 0) is 16.3 Å². The van der Waals surface area contributed by atoms with Gasteiger partial charge in [0.05, 0.1) is 16.3 Å². The highest BCUT2D eigenvalue weighted by molar-refractivity contribution is 7.84. The Kier molecular flexibility index (Phi) is 2.76. The van der Waals surface area contributed by atoms with E-state index in [1.807, 2.05) is 6.07 Å². The van der Waals surface area contributed by atoms with Crippen LogP contribution in [0.4, 0.5) is 0 Å². The minimum absolute atomic E-state index is 0.117. The first-order chi connectivity index (χ1) is 10.5. The van der Waals surface area contributed by atoms with Crippen LogP contribution in [0, 0.1) is 17.2 Å². The second-order valence-corrected chi connectivity index (χ2v) is 7.51. The van der Waals surface area contributed by atoms with Gasteiger partial charge in [-0.25, -0.2) is 9.97 Å². The summed E-state index contributed by atoms with van der Waals surface area (Å²) in [4.78, 5) is 21.2. The van der Waals surface area contributed by atoms with Gasteiger partial charge >= 0.3 is 0 Å². The molecule has 5 rings (SSSR count). The van der Waals surface area contributed by atoms with Crippen molar-refractivity contribution in [1.29, 1.82) is 5.26 Å². The molecule has 2 aromatic heterocycles. The van der Waals surface area contributed by atoms with E-state index in [0.717, 1.165) is 25.7 Å². The standard InChI is InChI=1S/C15H14N4O2S/c1-22(21)14-17-8-11-4-10(7-16)13(20)19(12(11)18-14)15-3-2-9(5-15)6-15/h4,8-9H,2-3,5-6H2,1H3. The molecular weight excluding hydrogens is 300 g/mol. The Morgan fingerprint density at radius 3 is 2.86 bits per heavy atom. The van der Waals surface area contributed by atoms with Crippen molar-refractivity contribution < 1.29 is 4.21 Å². The van der Waals surface area contributed by atoms with Crippen LogP contribution < -0.4 is 5.56 Å². The van der Waals surface area contributed by atoms with Crippen molar-refractivity contribution in [2.75, 3.05) is 6.26 Å². The van der Waals surface area contributed by atoms with E-state index in [1.54, 1.807) is 10.8 Å². The minimum Gasteiger partial charge on any atom is -0.285 e. The smallest absolute Gasteiger partial charge is 0.270 e. The van der Waals surface area contributed by atoms with Crippen LogP contribution in [0.3, 0.4) is 0 Å². The first kappa shape index (κ1) is 13.6. The lowest BCUT2D eigenvalue weighted by atomic mass is 9.76. The number of nitriles is 1. The monoisotopic (exact) mass is 314 g/mol. The molecule has 1 atom stereocenters. The highest BCUT2D eigenvalue weighted by Crippen LogP contribution is 2.56. The molecule has 0 aromatic carbocycles. The number of hydrogen-bond acceptors (Lipinski definition) is 5. The van der Waals surface area contributed by atoms with Crippen molar-refractivity contribution in [3.05, 3.63) is 28.2 Å². The Labute approximate surface area is 129 Å². The molecule has 22 heavy (non-hydrogen) atoms. The van der Waals surface area contributed by atoms with Crippen LogP contribution in [-0.4, -0.2) is 25.0 Å². The van der Waals surface area contributed by atoms with Gasteiger partial charge in [0.2, 0.25) is 5.16 Å². The fourth-order valence-electron chi connectivity index (χ4n) is 3.93. The van der Waals surface area contributed by atoms with Crippen molar-refractivity contribution in [3.8, 4) is 6.07 Å². The first-order valence-corrected chi connectivity index (χ1v) is 8.77. The molecular formula is C15H14N4O2S. The number of pyridine rings is 1. The molecule has 0 amide bonds. The van der Waals surface area contributed by atoms with Gasteiger partial charge in [-0.3, -0.25) is 13.6 Å². The van der Waals surface area contributed by atoms with E-state index in [0.29, 0.717) is 17.0 Å². The van der Waals surface area contributed by atoms with Crippen molar-refractivity contribution >= 4 is 21.8 Å². The molecule has 3 saturated carbocycles. The second-order valence-electron chi connectivity index (χ2n) is 6.23. The maximum absolute atomic E-state index is 12.7. The summed E-state index contributed by atoms with van der Waals surface area (Å²) in [6.45, 7) is 0. The van der Waals surface area contributed by atoms with E-state index < -0.39 is 10.8 Å². The molecule has 2 heterocycles. The van der Waals surface area contributed by atoms with Gasteiger partial charge in [-0.2, -0.15) is 5.26 Å². The largest absolute Gasteiger partial charge is 0.285 e. The average molecular weight is 314 g/mol. The van der Waals surface area contributed by atoms with Crippen LogP contribution in [0.1, 0.15) is 31.2 Å². The quantitative estimate of drug-likeness (QED) is 0.780. The molecule has 0 radical (unpaired) electrons. The molecule has 2 aromatic rings. The maximum Gasteiger partial charge on any atom is 0.270 e. The third-order valence-corrected chi connectivity index (χ3v) is 5.64. The number of aromatic nitrogens is 3. The molecule has 7 heteroatoms. The van der Waals surface area contributed by atoms with Crippen molar-refractivity contribution in [2.24, 2.45) is 5.92 Å². The van der Waals surface area contributed by atoms with E-state index in [-0.39, 0.29) is 21.8 Å². The average Bonchev–Trinajstić information content (AvgIpc) is 3.06. The normalized spacial score (nSPS) is 27.4. The zero-order valence-corrected chi connectivity index (χ0v) is 12.9. The van der Waals surface area contributed by atoms with Gasteiger partial charge in [-0.15, -0.1) is 0 Å². The predicted molar refractivity (Wildman–Crippen MR) is 80.8 cm³/mol. The van der Waals surface area contributed by atoms with Gasteiger partial charge in [-0.1, -0.05) is 0 Å². The lowest BCUT2D eigenvalue weighted by Gasteiger charge is -2.40. The van der Waals surface area contributed by atoms with Crippen LogP contribution in [0.5, 0.6) is 0 Å². The number of rotatable bonds is 2. The van der Waals surface area contributed by atoms with Crippen molar-refractivity contribution in [2.45, 2.75) is 36.4 Å². The molecule has 6 nitrogen and oxygen atoms in total. The fourth-order valence-corrected chi connectivity index (χ4v) is 4.35. The predicted octanol–water partition coefficient (Wildman–Crippen LogP) is 1.30. The lowest BCUT2D eigenvalue weighted by Crippen LogP contribution is -2.46. The molecule has 2 bridgehead atoms. The van der Waals surface area contributed by atoms with Gasteiger partial charge in [-0.05, 0) is 37.7 Å². The molecule has 3 fully saturated rings. The van der Waals surface area contributed by atoms with Crippen LogP contribution >= 0.6 is 0 Å². The molecule has 112 valence electrons. The van der Waals surface area contributed by atoms with E-state index in [1.165, 1.54) is 12.3 Å². The van der Waals surface area contributed by atoms with Crippen LogP contribution in [0.2, 0.25) is 0 Å². The van der Waals surface area contributed by atoms with E-state index in [2.05, 4.69) is 9.97 Å². The van der Waals surface area contributed by atoms with Crippen molar-refractivity contribution in [1.82, 2.24) is 14.5 Å². The first-order valence-electron chi connectivity index (χ1n) is 7.21. The van der Waals surface area contributed by atoms with Gasteiger partial charge in [0.15, 0.2) is 0 Å². The topological polar surface area (TPSA) is 88.6 Å². The summed E-state index contributed by atoms with van der Waals surface area (Å²) in [7, 11) is -1.31. The third kappa shape index (κ3) is 1.70. The number of fused-ring (bicyclic) bond motifs is 2. The van der Waals surface area contributed by atoms with Crippen LogP contribution in [0.25, 0.3) is 11.0 Å². The summed E-state index contributed by atoms with van der Waals surface area (Å²) in [5.74, 6) is 0.675. The van der Waals surface area contributed by atoms with E-state index >= 15 is 0 Å². The summed E-state index contributed by atoms with van der Waals surface area (Å²) >= 11 is 0. The van der Waals surface area contributed by atoms with Crippen LogP contribution in [0.15, 0.2) is 22.2 Å². The Morgan fingerprint density at radius 1 is 1.50 bits per heavy atom. The fraction of sp³-hybridized carbons (Fsp3) is 0.467. The van der Waals surface area contributed by atoms with Gasteiger partial charge < -0.3 is 0 Å². The molecule has 0 spiro atoms. The molecule has 1 unspecified atom stereocenters. The highest BCUT2D eigenvalue weighted by Gasteiger charge is 2.52. The highest BCUT2D eigenvalue weighted by atomic mass is 32.2. The number of hydrogen-bond donors (Lipinski definition) is 0. The van der Waals surface area contributed by atoms with Gasteiger partial charge in [0, 0.05) is 17.8 Å². The summed E-state index contributed by atoms with van der Waals surface area (Å²) in [6, 6.07) is 3.50. The Bertz CT molecular complexity index is 916. The summed E-state index contributed by atoms with van der Waals surface area (Å²) in [6.07, 6.45) is 7.05. The Hall–Kier alpha value is -2.07. The van der Waals surface area contributed by atoms with Gasteiger partial charge in [0.25, 0.3) is 5.56 Å². The zero-order chi connectivity index (χ0) is 15.5. The third-order valence-electron chi connectivity index (χ3n) is 4.93. The SMILES string of the molecule is CS(=O)c1ncc2cc(C#N)c(=O)n(C34CCC(C3)C4)c2n1. The zero-order valence-electron chi connectivity index (χ0n) is 12.1. The minimum atomic E-state index is -1.31. The summed E-state index contributed by atoms with van der Waals surface area (Å²) in [5.41, 5.74) is 0.117. The van der Waals surface area contributed by atoms with E-state index in [4.69, 9.17) is 0 Å². The Balaban J connectivity index is 2.08. The molecule has 3 aliphatic carbocycles. The van der Waals surface area contributed by atoms with Crippen molar-refractivity contribution in [3.63, 3.8) is 0 Å². The summed E-state index contributed by atoms with van der Waals surface area (Å²) < 4.78 is 13.3. The second kappa shape index (κ2) is 4.46.